The van der Waals surface area contributed by atoms with Crippen LogP contribution >= 0.6 is 0 Å². The fourth-order valence-electron chi connectivity index (χ4n) is 1.32. The second kappa shape index (κ2) is 8.19. The molecule has 0 aromatic heterocycles. The second-order valence-corrected chi connectivity index (χ2v) is 3.47. The summed E-state index contributed by atoms with van der Waals surface area (Å²) in [5.74, 6) is -1.42. The van der Waals surface area contributed by atoms with Crippen molar-refractivity contribution in [1.82, 2.24) is 0 Å². The third-order valence-corrected chi connectivity index (χ3v) is 2.21. The van der Waals surface area contributed by atoms with Crippen molar-refractivity contribution in [2.24, 2.45) is 0 Å². The molecule has 0 fully saturated rings. The molecule has 4 nitrogen and oxygen atoms in total. The Balaban J connectivity index is 0.00000180. The van der Waals surface area contributed by atoms with Crippen molar-refractivity contribution in [3.63, 3.8) is 0 Å². The molecule has 0 aliphatic heterocycles. The van der Waals surface area contributed by atoms with Gasteiger partial charge in [-0.3, -0.25) is 0 Å². The number of hydrogen-bond acceptors (Lipinski definition) is 4. The molecule has 19 heavy (non-hydrogen) atoms. The normalized spacial score (nSPS) is 9.05. The molecule has 2 aromatic carbocycles. The maximum Gasteiger partial charge on any atom is 0.386 e. The van der Waals surface area contributed by atoms with Crippen LogP contribution in [-0.4, -0.2) is 60.8 Å². The molecule has 92 valence electrons. The Morgan fingerprint density at radius 1 is 0.632 bits per heavy atom. The van der Waals surface area contributed by atoms with Crippen molar-refractivity contribution in [2.75, 3.05) is 0 Å². The molecule has 0 N–H and O–H groups in total. The first kappa shape index (κ1) is 16.0. The van der Waals surface area contributed by atoms with Crippen molar-refractivity contribution in [2.45, 2.75) is 0 Å². The smallest absolute Gasteiger partial charge is 0.242 e. The summed E-state index contributed by atoms with van der Waals surface area (Å²) in [4.78, 5) is 31.9. The fourth-order valence-corrected chi connectivity index (χ4v) is 1.32. The van der Waals surface area contributed by atoms with Crippen LogP contribution in [0, 0.1) is 0 Å². The largest absolute Gasteiger partial charge is 0.386 e. The van der Waals surface area contributed by atoms with E-state index < -0.39 is 11.9 Å². The first-order chi connectivity index (χ1) is 8.77. The van der Waals surface area contributed by atoms with Crippen LogP contribution in [0.2, 0.25) is 0 Å². The van der Waals surface area contributed by atoms with Crippen LogP contribution in [0.15, 0.2) is 60.7 Å². The van der Waals surface area contributed by atoms with E-state index in [-0.39, 0.29) is 48.9 Å². The van der Waals surface area contributed by atoms with Gasteiger partial charge in [0.2, 0.25) is 0 Å². The van der Waals surface area contributed by atoms with E-state index in [0.29, 0.717) is 11.1 Å². The van der Waals surface area contributed by atoms with Gasteiger partial charge in [0.25, 0.3) is 0 Å². The Kier molecular flexibility index (Phi) is 6.90. The molecule has 0 bridgehead atoms. The van der Waals surface area contributed by atoms with Gasteiger partial charge >= 0.3 is 11.9 Å². The molecule has 0 saturated carbocycles. The summed E-state index contributed by atoms with van der Waals surface area (Å²) in [6, 6.07) is 16.6. The van der Waals surface area contributed by atoms with Gasteiger partial charge in [-0.2, -0.15) is 0 Å². The summed E-state index contributed by atoms with van der Waals surface area (Å²) in [7, 11) is 0. The average molecular weight is 380 g/mol. The molecule has 0 heterocycles. The van der Waals surface area contributed by atoms with Crippen LogP contribution in [0.3, 0.4) is 0 Å². The molecular weight excluding hydrogens is 369 g/mol. The molecule has 0 atom stereocenters. The van der Waals surface area contributed by atoms with Crippen LogP contribution < -0.4 is 0 Å². The number of hydrogen-bond donors (Lipinski definition) is 0. The van der Waals surface area contributed by atoms with E-state index in [2.05, 4.69) is 9.78 Å². The average Bonchev–Trinajstić information content (AvgIpc) is 2.46. The standard InChI is InChI=1S/C14H10O4.Ba/c15-13(11-7-3-1-4-8-11)17-18-14(16)12-9-5-2-6-10-12;/h1-10H;. The molecule has 2 aromatic rings. The minimum atomic E-state index is -0.708. The Morgan fingerprint density at radius 2 is 0.947 bits per heavy atom. The first-order valence-electron chi connectivity index (χ1n) is 5.30. The Hall–Kier alpha value is -1.05. The molecule has 0 spiro atoms. The van der Waals surface area contributed by atoms with Crippen LogP contribution in [0.25, 0.3) is 0 Å². The number of benzene rings is 2. The van der Waals surface area contributed by atoms with E-state index in [0.717, 1.165) is 0 Å². The van der Waals surface area contributed by atoms with Crippen molar-refractivity contribution in [3.05, 3.63) is 71.8 Å². The van der Waals surface area contributed by atoms with Gasteiger partial charge in [-0.05, 0) is 24.3 Å². The number of carbonyl (C=O) groups excluding carboxylic acids is 2. The maximum atomic E-state index is 11.5. The van der Waals surface area contributed by atoms with Gasteiger partial charge in [-0.1, -0.05) is 36.4 Å². The van der Waals surface area contributed by atoms with Crippen LogP contribution in [0.1, 0.15) is 20.7 Å². The van der Waals surface area contributed by atoms with Gasteiger partial charge < -0.3 is 0 Å². The minimum absolute atomic E-state index is 0. The van der Waals surface area contributed by atoms with Crippen LogP contribution in [0.5, 0.6) is 0 Å². The van der Waals surface area contributed by atoms with Crippen molar-refractivity contribution in [1.29, 1.82) is 0 Å². The summed E-state index contributed by atoms with van der Waals surface area (Å²) >= 11 is 0. The predicted molar refractivity (Wildman–Crippen MR) is 69.5 cm³/mol. The second-order valence-electron chi connectivity index (χ2n) is 3.47. The Morgan fingerprint density at radius 3 is 1.26 bits per heavy atom. The maximum absolute atomic E-state index is 11.5. The van der Waals surface area contributed by atoms with E-state index in [1.54, 1.807) is 60.7 Å². The summed E-state index contributed by atoms with van der Waals surface area (Å²) in [6.45, 7) is 0. The molecule has 0 saturated heterocycles. The Labute approximate surface area is 150 Å². The molecule has 5 heteroatoms. The van der Waals surface area contributed by atoms with Gasteiger partial charge in [0.1, 0.15) is 0 Å². The van der Waals surface area contributed by atoms with Crippen molar-refractivity contribution in [3.8, 4) is 0 Å². The zero-order chi connectivity index (χ0) is 12.8. The number of carbonyl (C=O) groups is 2. The molecule has 2 radical (unpaired) electrons. The van der Waals surface area contributed by atoms with Crippen molar-refractivity contribution >= 4 is 60.8 Å². The predicted octanol–water partition coefficient (Wildman–Crippen LogP) is 2.23. The SMILES string of the molecule is O=C(OOC(=O)c1ccccc1)c1ccccc1.[Ba]. The summed E-state index contributed by atoms with van der Waals surface area (Å²) in [6.07, 6.45) is 0. The Bertz CT molecular complexity index is 488. The third kappa shape index (κ3) is 4.85. The van der Waals surface area contributed by atoms with Crippen molar-refractivity contribution < 1.29 is 19.4 Å². The fraction of sp³-hybridized carbons (Fsp3) is 0. The number of rotatable bonds is 2. The summed E-state index contributed by atoms with van der Waals surface area (Å²) in [5.41, 5.74) is 0.636. The molecule has 0 aliphatic rings. The minimum Gasteiger partial charge on any atom is -0.242 e. The van der Waals surface area contributed by atoms with Crippen LogP contribution in [-0.2, 0) is 9.78 Å². The third-order valence-electron chi connectivity index (χ3n) is 2.21. The monoisotopic (exact) mass is 380 g/mol. The molecule has 2 rings (SSSR count). The van der Waals surface area contributed by atoms with Crippen LogP contribution in [0.4, 0.5) is 0 Å². The van der Waals surface area contributed by atoms with Gasteiger partial charge in [-0.25, -0.2) is 19.4 Å². The molecule has 0 aliphatic carbocycles. The zero-order valence-electron chi connectivity index (χ0n) is 10.1. The van der Waals surface area contributed by atoms with Gasteiger partial charge in [0.15, 0.2) is 0 Å². The van der Waals surface area contributed by atoms with Gasteiger partial charge in [0.05, 0.1) is 11.1 Å². The van der Waals surface area contributed by atoms with Gasteiger partial charge in [0, 0.05) is 48.9 Å². The van der Waals surface area contributed by atoms with E-state index in [1.807, 2.05) is 0 Å². The van der Waals surface area contributed by atoms with E-state index in [4.69, 9.17) is 0 Å². The van der Waals surface area contributed by atoms with E-state index in [9.17, 15) is 9.59 Å². The topological polar surface area (TPSA) is 52.6 Å². The summed E-state index contributed by atoms with van der Waals surface area (Å²) in [5, 5.41) is 0. The molecule has 0 amide bonds. The summed E-state index contributed by atoms with van der Waals surface area (Å²) < 4.78 is 0. The zero-order valence-corrected chi connectivity index (χ0v) is 14.6. The quantitative estimate of drug-likeness (QED) is 0.456. The van der Waals surface area contributed by atoms with E-state index in [1.165, 1.54) is 0 Å². The van der Waals surface area contributed by atoms with E-state index >= 15 is 0 Å². The molecular formula is C14H10BaO4. The molecule has 0 unspecified atom stereocenters. The van der Waals surface area contributed by atoms with Gasteiger partial charge in [-0.15, -0.1) is 0 Å². The first-order valence-corrected chi connectivity index (χ1v) is 5.30.